The molecule has 1 aromatic rings. The van der Waals surface area contributed by atoms with Crippen molar-refractivity contribution in [3.63, 3.8) is 0 Å². The Morgan fingerprint density at radius 2 is 2.00 bits per heavy atom. The molecule has 7 nitrogen and oxygen atoms in total. The average molecular weight is 297 g/mol. The maximum atomic E-state index is 11.5. The first-order valence-electron chi connectivity index (χ1n) is 6.47. The second kappa shape index (κ2) is 8.80. The molecule has 21 heavy (non-hydrogen) atoms. The first kappa shape index (κ1) is 16.8. The van der Waals surface area contributed by atoms with Crippen molar-refractivity contribution in [2.24, 2.45) is 0 Å². The van der Waals surface area contributed by atoms with Gasteiger partial charge >= 0.3 is 5.97 Å². The summed E-state index contributed by atoms with van der Waals surface area (Å²) in [6.45, 7) is 2.77. The molecule has 0 aliphatic heterocycles. The predicted molar refractivity (Wildman–Crippen MR) is 75.0 cm³/mol. The maximum Gasteiger partial charge on any atom is 0.335 e. The lowest BCUT2D eigenvalue weighted by Gasteiger charge is -2.12. The van der Waals surface area contributed by atoms with Gasteiger partial charge in [-0.1, -0.05) is 0 Å². The van der Waals surface area contributed by atoms with Crippen molar-refractivity contribution in [1.29, 1.82) is 0 Å². The Hall–Kier alpha value is -2.28. The smallest absolute Gasteiger partial charge is 0.335 e. The third-order valence-electron chi connectivity index (χ3n) is 2.48. The molecule has 0 bridgehead atoms. The highest BCUT2D eigenvalue weighted by atomic mass is 16.5. The normalized spacial score (nSPS) is 10.0. The molecule has 2 N–H and O–H groups in total. The molecular formula is C14H19NO6. The number of benzene rings is 1. The molecule has 7 heteroatoms. The number of carboxylic acids is 1. The van der Waals surface area contributed by atoms with Gasteiger partial charge in [-0.05, 0) is 25.1 Å². The molecule has 0 aromatic heterocycles. The van der Waals surface area contributed by atoms with E-state index in [2.05, 4.69) is 5.32 Å². The lowest BCUT2D eigenvalue weighted by molar-refractivity contribution is -0.123. The van der Waals surface area contributed by atoms with Crippen LogP contribution in [0.5, 0.6) is 11.5 Å². The Morgan fingerprint density at radius 1 is 1.24 bits per heavy atom. The van der Waals surface area contributed by atoms with Crippen LogP contribution < -0.4 is 14.8 Å². The second-order valence-corrected chi connectivity index (χ2v) is 4.03. The summed E-state index contributed by atoms with van der Waals surface area (Å²) in [5, 5.41) is 11.5. The van der Waals surface area contributed by atoms with Crippen LogP contribution in [-0.2, 0) is 9.53 Å². The van der Waals surface area contributed by atoms with Crippen molar-refractivity contribution in [2.75, 3.05) is 33.5 Å². The molecular weight excluding hydrogens is 278 g/mol. The molecule has 1 amide bonds. The summed E-state index contributed by atoms with van der Waals surface area (Å²) in [4.78, 5) is 22.4. The first-order valence-corrected chi connectivity index (χ1v) is 6.47. The number of aromatic carboxylic acids is 1. The summed E-state index contributed by atoms with van der Waals surface area (Å²) in [6, 6.07) is 4.23. The minimum atomic E-state index is -1.06. The Bertz CT molecular complexity index is 488. The van der Waals surface area contributed by atoms with Gasteiger partial charge in [0.2, 0.25) is 0 Å². The molecule has 0 saturated carbocycles. The fourth-order valence-electron chi connectivity index (χ4n) is 1.52. The molecule has 0 radical (unpaired) electrons. The van der Waals surface area contributed by atoms with E-state index in [4.69, 9.17) is 19.3 Å². The highest BCUT2D eigenvalue weighted by Gasteiger charge is 2.11. The molecule has 1 rings (SSSR count). The topological polar surface area (TPSA) is 94.1 Å². The first-order chi connectivity index (χ1) is 10.1. The third-order valence-corrected chi connectivity index (χ3v) is 2.48. The number of methoxy groups -OCH3 is 1. The average Bonchev–Trinajstić information content (AvgIpc) is 2.46. The summed E-state index contributed by atoms with van der Waals surface area (Å²) in [5.74, 6) is -0.734. The lowest BCUT2D eigenvalue weighted by Crippen LogP contribution is -2.31. The fourth-order valence-corrected chi connectivity index (χ4v) is 1.52. The molecule has 116 valence electrons. The molecule has 0 fully saturated rings. The van der Waals surface area contributed by atoms with Crippen molar-refractivity contribution < 1.29 is 28.9 Å². The van der Waals surface area contributed by atoms with Crippen LogP contribution in [0.3, 0.4) is 0 Å². The molecule has 0 aliphatic carbocycles. The lowest BCUT2D eigenvalue weighted by atomic mass is 10.2. The third kappa shape index (κ3) is 5.70. The van der Waals surface area contributed by atoms with Gasteiger partial charge in [0.15, 0.2) is 18.1 Å². The summed E-state index contributed by atoms with van der Waals surface area (Å²) >= 11 is 0. The number of carbonyl (C=O) groups excluding carboxylic acids is 1. The van der Waals surface area contributed by atoms with Crippen LogP contribution in [0, 0.1) is 0 Å². The van der Waals surface area contributed by atoms with Gasteiger partial charge in [-0.15, -0.1) is 0 Å². The highest BCUT2D eigenvalue weighted by molar-refractivity contribution is 5.88. The molecule has 0 spiro atoms. The zero-order valence-corrected chi connectivity index (χ0v) is 12.0. The van der Waals surface area contributed by atoms with Crippen molar-refractivity contribution in [3.05, 3.63) is 23.8 Å². The van der Waals surface area contributed by atoms with Gasteiger partial charge in [-0.2, -0.15) is 0 Å². The molecule has 0 saturated heterocycles. The SMILES string of the molecule is CCOc1cc(C(=O)O)ccc1OCC(=O)NCCOC. The highest BCUT2D eigenvalue weighted by Crippen LogP contribution is 2.28. The Kier molecular flexibility index (Phi) is 7.03. The number of carboxylic acid groups (broad SMARTS) is 1. The quantitative estimate of drug-likeness (QED) is 0.658. The monoisotopic (exact) mass is 297 g/mol. The number of hydrogen-bond donors (Lipinski definition) is 2. The van der Waals surface area contributed by atoms with Crippen LogP contribution >= 0.6 is 0 Å². The largest absolute Gasteiger partial charge is 0.490 e. The van der Waals surface area contributed by atoms with E-state index in [0.717, 1.165) is 0 Å². The Labute approximate surface area is 122 Å². The number of amides is 1. The van der Waals surface area contributed by atoms with Crippen LogP contribution in [0.4, 0.5) is 0 Å². The minimum absolute atomic E-state index is 0.0929. The number of nitrogens with one attached hydrogen (secondary N) is 1. The van der Waals surface area contributed by atoms with E-state index in [1.54, 1.807) is 14.0 Å². The molecule has 1 aromatic carbocycles. The van der Waals surface area contributed by atoms with E-state index in [0.29, 0.717) is 31.3 Å². The van der Waals surface area contributed by atoms with E-state index < -0.39 is 5.97 Å². The Balaban J connectivity index is 2.65. The molecule has 0 unspecified atom stereocenters. The van der Waals surface area contributed by atoms with Gasteiger partial charge in [0.05, 0.1) is 18.8 Å². The predicted octanol–water partition coefficient (Wildman–Crippen LogP) is 0.925. The molecule has 0 heterocycles. The van der Waals surface area contributed by atoms with E-state index in [1.165, 1.54) is 18.2 Å². The number of ether oxygens (including phenoxy) is 3. The van der Waals surface area contributed by atoms with Crippen LogP contribution in [-0.4, -0.2) is 50.5 Å². The van der Waals surface area contributed by atoms with E-state index in [9.17, 15) is 9.59 Å². The standard InChI is InChI=1S/C14H19NO6/c1-3-20-12-8-10(14(17)18)4-5-11(12)21-9-13(16)15-6-7-19-2/h4-5,8H,3,6-7,9H2,1-2H3,(H,15,16)(H,17,18). The second-order valence-electron chi connectivity index (χ2n) is 4.03. The van der Waals surface area contributed by atoms with E-state index in [-0.39, 0.29) is 18.1 Å². The maximum absolute atomic E-state index is 11.5. The van der Waals surface area contributed by atoms with Crippen molar-refractivity contribution in [3.8, 4) is 11.5 Å². The molecule has 0 atom stereocenters. The van der Waals surface area contributed by atoms with Gasteiger partial charge in [0, 0.05) is 13.7 Å². The summed E-state index contributed by atoms with van der Waals surface area (Å²) < 4.78 is 15.5. The van der Waals surface area contributed by atoms with E-state index in [1.807, 2.05) is 0 Å². The van der Waals surface area contributed by atoms with Crippen LogP contribution in [0.2, 0.25) is 0 Å². The number of hydrogen-bond acceptors (Lipinski definition) is 5. The minimum Gasteiger partial charge on any atom is -0.490 e. The van der Waals surface area contributed by atoms with Gasteiger partial charge in [0.1, 0.15) is 0 Å². The van der Waals surface area contributed by atoms with Gasteiger partial charge < -0.3 is 24.6 Å². The van der Waals surface area contributed by atoms with Crippen LogP contribution in [0.15, 0.2) is 18.2 Å². The zero-order chi connectivity index (χ0) is 15.7. The van der Waals surface area contributed by atoms with Crippen molar-refractivity contribution >= 4 is 11.9 Å². The fraction of sp³-hybridized carbons (Fsp3) is 0.429. The summed E-state index contributed by atoms with van der Waals surface area (Å²) in [6.07, 6.45) is 0. The van der Waals surface area contributed by atoms with E-state index >= 15 is 0 Å². The Morgan fingerprint density at radius 3 is 2.62 bits per heavy atom. The van der Waals surface area contributed by atoms with Gasteiger partial charge in [-0.25, -0.2) is 4.79 Å². The van der Waals surface area contributed by atoms with Crippen LogP contribution in [0.1, 0.15) is 17.3 Å². The zero-order valence-electron chi connectivity index (χ0n) is 12.0. The summed E-state index contributed by atoms with van der Waals surface area (Å²) in [7, 11) is 1.54. The van der Waals surface area contributed by atoms with Gasteiger partial charge in [-0.3, -0.25) is 4.79 Å². The van der Waals surface area contributed by atoms with Crippen LogP contribution in [0.25, 0.3) is 0 Å². The number of carbonyl (C=O) groups is 2. The molecule has 0 aliphatic rings. The summed E-state index contributed by atoms with van der Waals surface area (Å²) in [5.41, 5.74) is 0.0929. The van der Waals surface area contributed by atoms with Crippen molar-refractivity contribution in [1.82, 2.24) is 5.32 Å². The van der Waals surface area contributed by atoms with Crippen molar-refractivity contribution in [2.45, 2.75) is 6.92 Å². The number of rotatable bonds is 9. The van der Waals surface area contributed by atoms with Gasteiger partial charge in [0.25, 0.3) is 5.91 Å².